The van der Waals surface area contributed by atoms with Crippen LogP contribution in [-0.2, 0) is 6.42 Å². The van der Waals surface area contributed by atoms with Crippen LogP contribution in [0.15, 0.2) is 40.9 Å². The molecule has 1 atom stereocenters. The van der Waals surface area contributed by atoms with Crippen molar-refractivity contribution in [1.29, 1.82) is 0 Å². The number of aliphatic hydroxyl groups is 1. The molecule has 0 saturated carbocycles. The summed E-state index contributed by atoms with van der Waals surface area (Å²) in [5.74, 6) is -1.31. The van der Waals surface area contributed by atoms with Crippen molar-refractivity contribution < 1.29 is 13.9 Å². The number of rotatable bonds is 3. The second-order valence-electron chi connectivity index (χ2n) is 4.17. The van der Waals surface area contributed by atoms with Crippen molar-refractivity contribution in [3.63, 3.8) is 0 Å². The van der Waals surface area contributed by atoms with Crippen molar-refractivity contribution in [1.82, 2.24) is 0 Å². The highest BCUT2D eigenvalue weighted by Crippen LogP contribution is 2.27. The molecule has 0 spiro atoms. The monoisotopic (exact) mass is 346 g/mol. The van der Waals surface area contributed by atoms with Gasteiger partial charge in [0.2, 0.25) is 0 Å². The molecular formula is C14H10BrClF2O. The highest BCUT2D eigenvalue weighted by atomic mass is 79.9. The molecule has 0 radical (unpaired) electrons. The summed E-state index contributed by atoms with van der Waals surface area (Å²) in [6.45, 7) is 0. The van der Waals surface area contributed by atoms with Gasteiger partial charge < -0.3 is 5.11 Å². The first-order valence-electron chi connectivity index (χ1n) is 5.53. The normalized spacial score (nSPS) is 12.5. The lowest BCUT2D eigenvalue weighted by molar-refractivity contribution is 0.178. The largest absolute Gasteiger partial charge is 0.388 e. The molecule has 1 nitrogen and oxygen atoms in total. The lowest BCUT2D eigenvalue weighted by Crippen LogP contribution is -2.02. The quantitative estimate of drug-likeness (QED) is 0.856. The molecule has 0 aliphatic rings. The second kappa shape index (κ2) is 5.99. The van der Waals surface area contributed by atoms with Gasteiger partial charge in [0.05, 0.1) is 11.1 Å². The van der Waals surface area contributed by atoms with Crippen LogP contribution in [0.4, 0.5) is 8.78 Å². The summed E-state index contributed by atoms with van der Waals surface area (Å²) in [6, 6.07) is 8.24. The van der Waals surface area contributed by atoms with E-state index in [2.05, 4.69) is 15.9 Å². The lowest BCUT2D eigenvalue weighted by atomic mass is 10.0. The molecule has 100 valence electrons. The number of aliphatic hydroxyl groups excluding tert-OH is 1. The van der Waals surface area contributed by atoms with Crippen LogP contribution in [0.2, 0.25) is 5.02 Å². The Morgan fingerprint density at radius 3 is 2.32 bits per heavy atom. The Bertz CT molecular complexity index is 584. The van der Waals surface area contributed by atoms with Crippen LogP contribution in [-0.4, -0.2) is 5.11 Å². The van der Waals surface area contributed by atoms with Crippen molar-refractivity contribution in [3.8, 4) is 0 Å². The summed E-state index contributed by atoms with van der Waals surface area (Å²) >= 11 is 9.18. The molecule has 0 aliphatic heterocycles. The second-order valence-corrected chi connectivity index (χ2v) is 5.43. The van der Waals surface area contributed by atoms with E-state index < -0.39 is 17.7 Å². The predicted molar refractivity (Wildman–Crippen MR) is 74.2 cm³/mol. The molecule has 1 unspecified atom stereocenters. The van der Waals surface area contributed by atoms with Crippen LogP contribution in [0.5, 0.6) is 0 Å². The first-order chi connectivity index (χ1) is 8.95. The molecule has 0 fully saturated rings. The van der Waals surface area contributed by atoms with Gasteiger partial charge in [-0.25, -0.2) is 8.78 Å². The highest BCUT2D eigenvalue weighted by Gasteiger charge is 2.11. The Morgan fingerprint density at radius 1 is 1.11 bits per heavy atom. The summed E-state index contributed by atoms with van der Waals surface area (Å²) in [5, 5.41) is 10.5. The van der Waals surface area contributed by atoms with Gasteiger partial charge in [0.25, 0.3) is 0 Å². The van der Waals surface area contributed by atoms with Gasteiger partial charge in [-0.1, -0.05) is 17.7 Å². The summed E-state index contributed by atoms with van der Waals surface area (Å²) in [6.07, 6.45) is -0.751. The Morgan fingerprint density at radius 2 is 1.74 bits per heavy atom. The fourth-order valence-corrected chi connectivity index (χ4v) is 2.23. The van der Waals surface area contributed by atoms with Crippen molar-refractivity contribution in [2.24, 2.45) is 0 Å². The third kappa shape index (κ3) is 3.75. The molecule has 1 N–H and O–H groups in total. The van der Waals surface area contributed by atoms with Crippen molar-refractivity contribution in [2.75, 3.05) is 0 Å². The SMILES string of the molecule is OC(Cc1cc(F)cc(F)c1)c1ccc(Br)c(Cl)c1. The number of halogens is 4. The molecule has 0 amide bonds. The zero-order valence-electron chi connectivity index (χ0n) is 9.71. The Balaban J connectivity index is 2.20. The minimum absolute atomic E-state index is 0.118. The lowest BCUT2D eigenvalue weighted by Gasteiger charge is -2.12. The molecule has 0 heterocycles. The van der Waals surface area contributed by atoms with Crippen molar-refractivity contribution >= 4 is 27.5 Å². The number of benzene rings is 2. The maximum absolute atomic E-state index is 13.0. The van der Waals surface area contributed by atoms with E-state index in [-0.39, 0.29) is 6.42 Å². The van der Waals surface area contributed by atoms with Crippen LogP contribution < -0.4 is 0 Å². The molecule has 0 saturated heterocycles. The molecule has 2 aromatic rings. The maximum Gasteiger partial charge on any atom is 0.126 e. The topological polar surface area (TPSA) is 20.2 Å². The standard InChI is InChI=1S/C14H10BrClF2O/c15-12-2-1-9(6-13(12)16)14(19)5-8-3-10(17)7-11(18)4-8/h1-4,6-7,14,19H,5H2. The van der Waals surface area contributed by atoms with E-state index in [1.807, 2.05) is 0 Å². The fraction of sp³-hybridized carbons (Fsp3) is 0.143. The van der Waals surface area contributed by atoms with E-state index in [1.165, 1.54) is 12.1 Å². The average molecular weight is 348 g/mol. The zero-order valence-corrected chi connectivity index (χ0v) is 12.0. The van der Waals surface area contributed by atoms with Gasteiger partial charge in [0.15, 0.2) is 0 Å². The van der Waals surface area contributed by atoms with Crippen molar-refractivity contribution in [3.05, 3.63) is 68.7 Å². The van der Waals surface area contributed by atoms with Gasteiger partial charge in [0.1, 0.15) is 11.6 Å². The van der Waals surface area contributed by atoms with Gasteiger partial charge in [-0.15, -0.1) is 0 Å². The van der Waals surface area contributed by atoms with E-state index in [0.717, 1.165) is 10.5 Å². The Kier molecular flexibility index (Phi) is 4.55. The molecule has 0 aliphatic carbocycles. The zero-order chi connectivity index (χ0) is 14.0. The smallest absolute Gasteiger partial charge is 0.126 e. The molecule has 5 heteroatoms. The first kappa shape index (κ1) is 14.4. The van der Waals surface area contributed by atoms with Gasteiger partial charge in [-0.05, 0) is 51.3 Å². The minimum Gasteiger partial charge on any atom is -0.388 e. The average Bonchev–Trinajstić information content (AvgIpc) is 2.31. The molecule has 0 bridgehead atoms. The van der Waals surface area contributed by atoms with E-state index >= 15 is 0 Å². The van der Waals surface area contributed by atoms with Gasteiger partial charge in [-0.3, -0.25) is 0 Å². The summed E-state index contributed by atoms with van der Waals surface area (Å²) in [7, 11) is 0. The van der Waals surface area contributed by atoms with Gasteiger partial charge in [0, 0.05) is 17.0 Å². The van der Waals surface area contributed by atoms with E-state index in [1.54, 1.807) is 18.2 Å². The molecule has 2 rings (SSSR count). The van der Waals surface area contributed by atoms with Crippen LogP contribution in [0, 0.1) is 11.6 Å². The molecule has 19 heavy (non-hydrogen) atoms. The van der Waals surface area contributed by atoms with Crippen LogP contribution in [0.3, 0.4) is 0 Å². The van der Waals surface area contributed by atoms with Gasteiger partial charge >= 0.3 is 0 Å². The number of hydrogen-bond acceptors (Lipinski definition) is 1. The van der Waals surface area contributed by atoms with Crippen LogP contribution in [0.25, 0.3) is 0 Å². The molecule has 0 aromatic heterocycles. The predicted octanol–water partition coefficient (Wildman–Crippen LogP) is 4.66. The first-order valence-corrected chi connectivity index (χ1v) is 6.71. The molecule has 2 aromatic carbocycles. The van der Waals surface area contributed by atoms with E-state index in [4.69, 9.17) is 11.6 Å². The Hall–Kier alpha value is -0.970. The van der Waals surface area contributed by atoms with Crippen molar-refractivity contribution in [2.45, 2.75) is 12.5 Å². The van der Waals surface area contributed by atoms with E-state index in [0.29, 0.717) is 16.1 Å². The fourth-order valence-electron chi connectivity index (χ4n) is 1.79. The highest BCUT2D eigenvalue weighted by molar-refractivity contribution is 9.10. The summed E-state index contributed by atoms with van der Waals surface area (Å²) in [4.78, 5) is 0. The maximum atomic E-state index is 13.0. The van der Waals surface area contributed by atoms with E-state index in [9.17, 15) is 13.9 Å². The van der Waals surface area contributed by atoms with Gasteiger partial charge in [-0.2, -0.15) is 0 Å². The Labute approximate surface area is 123 Å². The van der Waals surface area contributed by atoms with Crippen LogP contribution >= 0.6 is 27.5 Å². The number of hydrogen-bond donors (Lipinski definition) is 1. The van der Waals surface area contributed by atoms with Crippen LogP contribution in [0.1, 0.15) is 17.2 Å². The summed E-state index contributed by atoms with van der Waals surface area (Å²) < 4.78 is 26.8. The third-order valence-corrected chi connectivity index (χ3v) is 3.91. The molecular weight excluding hydrogens is 338 g/mol. The minimum atomic E-state index is -0.869. The summed E-state index contributed by atoms with van der Waals surface area (Å²) in [5.41, 5.74) is 0.988. The third-order valence-electron chi connectivity index (χ3n) is 2.68.